The van der Waals surface area contributed by atoms with Crippen LogP contribution in [0.3, 0.4) is 0 Å². The lowest BCUT2D eigenvalue weighted by atomic mass is 10.2. The number of pyridine rings is 1. The van der Waals surface area contributed by atoms with Gasteiger partial charge in [-0.25, -0.2) is 0 Å². The molecule has 0 N–H and O–H groups in total. The zero-order valence-electron chi connectivity index (χ0n) is 19.4. The molecule has 4 aromatic rings. The van der Waals surface area contributed by atoms with Crippen molar-refractivity contribution in [2.75, 3.05) is 0 Å². The number of hydrogen-bond acceptors (Lipinski definition) is 6. The molecule has 5 rings (SSSR count). The van der Waals surface area contributed by atoms with Crippen molar-refractivity contribution in [1.82, 2.24) is 14.3 Å². The van der Waals surface area contributed by atoms with Crippen LogP contribution in [0.1, 0.15) is 22.3 Å². The number of thioether (sulfide) groups is 1. The highest BCUT2D eigenvalue weighted by molar-refractivity contribution is 8.26. The highest BCUT2D eigenvalue weighted by Crippen LogP contribution is 2.36. The topological polar surface area (TPSA) is 63.9 Å². The number of aromatic nitrogens is 2. The van der Waals surface area contributed by atoms with Gasteiger partial charge in [0.2, 0.25) is 5.88 Å². The number of rotatable bonds is 5. The fourth-order valence-electron chi connectivity index (χ4n) is 3.83. The van der Waals surface area contributed by atoms with E-state index in [0.717, 1.165) is 28.5 Å². The first kappa shape index (κ1) is 24.2. The first-order chi connectivity index (χ1) is 17.3. The molecular formula is C27H20ClN3O3S2. The minimum atomic E-state index is -0.344. The number of benzene rings is 2. The molecule has 1 amide bonds. The van der Waals surface area contributed by atoms with Gasteiger partial charge in [-0.3, -0.25) is 18.9 Å². The van der Waals surface area contributed by atoms with Crippen LogP contribution in [0.2, 0.25) is 5.02 Å². The van der Waals surface area contributed by atoms with Gasteiger partial charge in [0.1, 0.15) is 21.3 Å². The highest BCUT2D eigenvalue weighted by atomic mass is 35.5. The van der Waals surface area contributed by atoms with E-state index in [1.807, 2.05) is 62.4 Å². The van der Waals surface area contributed by atoms with Crippen LogP contribution in [0.4, 0.5) is 0 Å². The summed E-state index contributed by atoms with van der Waals surface area (Å²) in [5.74, 6) is 0.392. The normalized spacial score (nSPS) is 14.8. The summed E-state index contributed by atoms with van der Waals surface area (Å²) < 4.78 is 7.98. The Kier molecular flexibility index (Phi) is 6.66. The van der Waals surface area contributed by atoms with Crippen LogP contribution in [0.5, 0.6) is 11.6 Å². The number of halogens is 1. The van der Waals surface area contributed by atoms with E-state index in [9.17, 15) is 9.59 Å². The summed E-state index contributed by atoms with van der Waals surface area (Å²) in [4.78, 5) is 33.4. The summed E-state index contributed by atoms with van der Waals surface area (Å²) in [5, 5.41) is 0.553. The molecule has 2 aromatic heterocycles. The predicted molar refractivity (Wildman–Crippen MR) is 148 cm³/mol. The lowest BCUT2D eigenvalue weighted by Gasteiger charge is -2.15. The second-order valence-corrected chi connectivity index (χ2v) is 10.3. The predicted octanol–water partition coefficient (Wildman–Crippen LogP) is 6.16. The van der Waals surface area contributed by atoms with Gasteiger partial charge in [0, 0.05) is 11.2 Å². The molecule has 0 saturated carbocycles. The van der Waals surface area contributed by atoms with Crippen molar-refractivity contribution < 1.29 is 9.53 Å². The number of aryl methyl sites for hydroxylation is 2. The van der Waals surface area contributed by atoms with Gasteiger partial charge in [-0.05, 0) is 54.8 Å². The Morgan fingerprint density at radius 2 is 1.75 bits per heavy atom. The molecular weight excluding hydrogens is 514 g/mol. The Hall–Kier alpha value is -3.46. The number of amides is 1. The van der Waals surface area contributed by atoms with Crippen molar-refractivity contribution in [3.8, 4) is 11.6 Å². The van der Waals surface area contributed by atoms with Gasteiger partial charge in [0.15, 0.2) is 0 Å². The number of carbonyl (C=O) groups is 1. The molecule has 2 aromatic carbocycles. The fourth-order valence-corrected chi connectivity index (χ4v) is 5.27. The smallest absolute Gasteiger partial charge is 0.269 e. The first-order valence-electron chi connectivity index (χ1n) is 11.1. The van der Waals surface area contributed by atoms with Crippen LogP contribution in [0, 0.1) is 13.8 Å². The van der Waals surface area contributed by atoms with Gasteiger partial charge in [-0.1, -0.05) is 78.0 Å². The van der Waals surface area contributed by atoms with Crippen LogP contribution in [-0.4, -0.2) is 24.5 Å². The van der Waals surface area contributed by atoms with Gasteiger partial charge in [0.25, 0.3) is 11.5 Å². The largest absolute Gasteiger partial charge is 0.438 e. The molecule has 1 saturated heterocycles. The van der Waals surface area contributed by atoms with Gasteiger partial charge in [-0.15, -0.1) is 0 Å². The quantitative estimate of drug-likeness (QED) is 0.226. The van der Waals surface area contributed by atoms with Crippen molar-refractivity contribution >= 4 is 57.5 Å². The van der Waals surface area contributed by atoms with Crippen LogP contribution >= 0.6 is 35.6 Å². The van der Waals surface area contributed by atoms with E-state index in [-0.39, 0.29) is 29.5 Å². The third kappa shape index (κ3) is 4.55. The van der Waals surface area contributed by atoms with Crippen molar-refractivity contribution in [2.24, 2.45) is 0 Å². The molecule has 1 aliphatic heterocycles. The lowest BCUT2D eigenvalue weighted by Crippen LogP contribution is -2.27. The molecule has 1 aliphatic rings. The number of para-hydroxylation sites is 1. The SMILES string of the molecule is Cc1ccccc1Oc1nc2c(C)cccn2c(=O)c1/C=C1/SC(=S)N(Cc2ccccc2Cl)C1=O. The summed E-state index contributed by atoms with van der Waals surface area (Å²) in [6.07, 6.45) is 3.17. The van der Waals surface area contributed by atoms with Crippen LogP contribution in [0.15, 0.2) is 76.6 Å². The average Bonchev–Trinajstić information content (AvgIpc) is 3.12. The molecule has 0 spiro atoms. The standard InChI is InChI=1S/C27H20ClN3O3S2/c1-16-8-3-6-12-21(16)34-24-19(25(32)30-13-7-9-17(2)23(30)29-24)14-22-26(33)31(27(35)36-22)15-18-10-4-5-11-20(18)28/h3-14H,15H2,1-2H3/b22-14+. The Bertz CT molecular complexity index is 1630. The molecule has 180 valence electrons. The zero-order chi connectivity index (χ0) is 25.4. The summed E-state index contributed by atoms with van der Waals surface area (Å²) in [7, 11) is 0. The molecule has 1 fully saturated rings. The Morgan fingerprint density at radius 1 is 1.03 bits per heavy atom. The van der Waals surface area contributed by atoms with E-state index in [0.29, 0.717) is 25.6 Å². The minimum Gasteiger partial charge on any atom is -0.438 e. The van der Waals surface area contributed by atoms with Crippen molar-refractivity contribution in [2.45, 2.75) is 20.4 Å². The summed E-state index contributed by atoms with van der Waals surface area (Å²) in [6.45, 7) is 4.02. The molecule has 36 heavy (non-hydrogen) atoms. The summed E-state index contributed by atoms with van der Waals surface area (Å²) >= 11 is 12.9. The van der Waals surface area contributed by atoms with E-state index in [1.165, 1.54) is 15.4 Å². The molecule has 6 nitrogen and oxygen atoms in total. The van der Waals surface area contributed by atoms with Gasteiger partial charge in [-0.2, -0.15) is 4.98 Å². The van der Waals surface area contributed by atoms with E-state index in [4.69, 9.17) is 28.6 Å². The van der Waals surface area contributed by atoms with E-state index in [1.54, 1.807) is 18.3 Å². The number of ether oxygens (including phenoxy) is 1. The van der Waals surface area contributed by atoms with Crippen molar-refractivity contribution in [1.29, 1.82) is 0 Å². The first-order valence-corrected chi connectivity index (χ1v) is 12.7. The Morgan fingerprint density at radius 3 is 2.53 bits per heavy atom. The Balaban J connectivity index is 1.60. The number of carbonyl (C=O) groups excluding carboxylic acids is 1. The van der Waals surface area contributed by atoms with Gasteiger partial charge >= 0.3 is 0 Å². The summed E-state index contributed by atoms with van der Waals surface area (Å²) in [5.41, 5.74) is 2.80. The monoisotopic (exact) mass is 533 g/mol. The van der Waals surface area contributed by atoms with Crippen LogP contribution < -0.4 is 10.3 Å². The molecule has 0 radical (unpaired) electrons. The van der Waals surface area contributed by atoms with Gasteiger partial charge < -0.3 is 4.74 Å². The fraction of sp³-hybridized carbons (Fsp3) is 0.111. The average molecular weight is 534 g/mol. The zero-order valence-corrected chi connectivity index (χ0v) is 21.8. The van der Waals surface area contributed by atoms with Crippen molar-refractivity contribution in [3.05, 3.63) is 109 Å². The maximum atomic E-state index is 13.6. The summed E-state index contributed by atoms with van der Waals surface area (Å²) in [6, 6.07) is 18.4. The maximum absolute atomic E-state index is 13.6. The molecule has 3 heterocycles. The second-order valence-electron chi connectivity index (χ2n) is 8.25. The molecule has 9 heteroatoms. The van der Waals surface area contributed by atoms with Crippen LogP contribution in [-0.2, 0) is 11.3 Å². The van der Waals surface area contributed by atoms with E-state index < -0.39 is 0 Å². The number of nitrogens with zero attached hydrogens (tertiary/aromatic N) is 3. The lowest BCUT2D eigenvalue weighted by molar-refractivity contribution is -0.122. The molecule has 0 unspecified atom stereocenters. The number of fused-ring (bicyclic) bond motifs is 1. The second kappa shape index (κ2) is 9.89. The maximum Gasteiger partial charge on any atom is 0.269 e. The number of thiocarbonyl (C=S) groups is 1. The third-order valence-corrected chi connectivity index (χ3v) is 7.53. The number of hydrogen-bond donors (Lipinski definition) is 0. The van der Waals surface area contributed by atoms with E-state index in [2.05, 4.69) is 4.98 Å². The molecule has 0 atom stereocenters. The minimum absolute atomic E-state index is 0.125. The third-order valence-electron chi connectivity index (χ3n) is 5.78. The van der Waals surface area contributed by atoms with Crippen LogP contribution in [0.25, 0.3) is 11.7 Å². The molecule has 0 aliphatic carbocycles. The van der Waals surface area contributed by atoms with Gasteiger partial charge in [0.05, 0.1) is 11.4 Å². The van der Waals surface area contributed by atoms with E-state index >= 15 is 0 Å². The van der Waals surface area contributed by atoms with Crippen molar-refractivity contribution in [3.63, 3.8) is 0 Å². The molecule has 0 bridgehead atoms. The highest BCUT2D eigenvalue weighted by Gasteiger charge is 2.33. The Labute approximate surface area is 222 Å².